The van der Waals surface area contributed by atoms with Gasteiger partial charge in [-0.1, -0.05) is 13.8 Å². The maximum absolute atomic E-state index is 14.5. The second-order valence-corrected chi connectivity index (χ2v) is 8.34. The van der Waals surface area contributed by atoms with Gasteiger partial charge in [-0.3, -0.25) is 0 Å². The van der Waals surface area contributed by atoms with Gasteiger partial charge in [0.15, 0.2) is 23.1 Å². The van der Waals surface area contributed by atoms with Crippen LogP contribution in [0.5, 0.6) is 5.75 Å². The van der Waals surface area contributed by atoms with Crippen molar-refractivity contribution in [3.63, 3.8) is 0 Å². The Morgan fingerprint density at radius 3 is 2.13 bits per heavy atom. The number of piperidine rings is 1. The minimum absolute atomic E-state index is 0.168. The van der Waals surface area contributed by atoms with E-state index in [0.29, 0.717) is 6.07 Å². The number of phenols is 1. The largest absolute Gasteiger partial charge is 0.503 e. The minimum Gasteiger partial charge on any atom is -0.503 e. The van der Waals surface area contributed by atoms with Crippen molar-refractivity contribution in [2.75, 3.05) is 18.0 Å². The molecule has 30 heavy (non-hydrogen) atoms. The molecule has 1 aromatic heterocycles. The number of hydrogen-bond donors (Lipinski definition) is 1. The Balaban J connectivity index is 1.77. The first-order valence-electron chi connectivity index (χ1n) is 9.50. The smallest absolute Gasteiger partial charge is 0.435 e. The van der Waals surface area contributed by atoms with Crippen LogP contribution in [-0.4, -0.2) is 28.0 Å². The Labute approximate surface area is 169 Å². The lowest BCUT2D eigenvalue weighted by molar-refractivity contribution is -0.140. The van der Waals surface area contributed by atoms with Crippen molar-refractivity contribution in [3.05, 3.63) is 47.7 Å². The molecule has 1 aliphatic heterocycles. The molecule has 1 aliphatic rings. The first-order chi connectivity index (χ1) is 14.0. The molecule has 9 heteroatoms. The summed E-state index contributed by atoms with van der Waals surface area (Å²) in [6.45, 7) is 6.14. The number of phenolic OH excluding ortho intramolecular Hbond substituents is 1. The molecule has 1 fully saturated rings. The third kappa shape index (κ3) is 3.46. The Morgan fingerprint density at radius 1 is 1.00 bits per heavy atom. The molecule has 4 nitrogen and oxygen atoms in total. The Kier molecular flexibility index (Phi) is 4.67. The van der Waals surface area contributed by atoms with Gasteiger partial charge in [0.05, 0.1) is 5.69 Å². The Hall–Kier alpha value is -2.84. The quantitative estimate of drug-likeness (QED) is 0.539. The van der Waals surface area contributed by atoms with Gasteiger partial charge in [0.1, 0.15) is 5.52 Å². The van der Waals surface area contributed by atoms with Crippen molar-refractivity contribution in [2.24, 2.45) is 5.41 Å². The fourth-order valence-electron chi connectivity index (χ4n) is 3.76. The number of fused-ring (bicyclic) bond motifs is 1. The summed E-state index contributed by atoms with van der Waals surface area (Å²) in [5, 5.41) is 12.3. The number of benzene rings is 2. The average molecular weight is 425 g/mol. The number of aromatic hydroxyl groups is 1. The zero-order valence-electron chi connectivity index (χ0n) is 16.4. The van der Waals surface area contributed by atoms with Crippen LogP contribution >= 0.6 is 0 Å². The highest BCUT2D eigenvalue weighted by molar-refractivity contribution is 5.86. The molecule has 1 saturated heterocycles. The third-order valence-corrected chi connectivity index (χ3v) is 5.68. The number of nitrogens with zero attached hydrogens (tertiary/aromatic N) is 3. The first kappa shape index (κ1) is 20.4. The maximum Gasteiger partial charge on any atom is 0.435 e. The van der Waals surface area contributed by atoms with Crippen LogP contribution in [-0.2, 0) is 6.18 Å². The summed E-state index contributed by atoms with van der Waals surface area (Å²) >= 11 is 0. The molecule has 3 aromatic rings. The van der Waals surface area contributed by atoms with Crippen molar-refractivity contribution in [1.29, 1.82) is 0 Å². The van der Waals surface area contributed by atoms with Gasteiger partial charge in [-0.2, -0.15) is 18.3 Å². The molecule has 0 bridgehead atoms. The van der Waals surface area contributed by atoms with Gasteiger partial charge in [0.2, 0.25) is 0 Å². The van der Waals surface area contributed by atoms with E-state index < -0.39 is 40.2 Å². The van der Waals surface area contributed by atoms with Crippen LogP contribution in [0.2, 0.25) is 0 Å². The van der Waals surface area contributed by atoms with E-state index >= 15 is 0 Å². The van der Waals surface area contributed by atoms with E-state index in [1.807, 2.05) is 0 Å². The minimum atomic E-state index is -4.92. The summed E-state index contributed by atoms with van der Waals surface area (Å²) in [6, 6.07) is 6.97. The number of rotatable bonds is 2. The Bertz CT molecular complexity index is 1090. The zero-order chi connectivity index (χ0) is 21.8. The normalized spacial score (nSPS) is 17.0. The van der Waals surface area contributed by atoms with E-state index in [0.717, 1.165) is 36.3 Å². The number of anilines is 1. The molecule has 160 valence electrons. The van der Waals surface area contributed by atoms with Crippen LogP contribution in [0.25, 0.3) is 16.6 Å². The van der Waals surface area contributed by atoms with Gasteiger partial charge < -0.3 is 10.0 Å². The average Bonchev–Trinajstić information content (AvgIpc) is 3.06. The molecule has 4 rings (SSSR count). The second-order valence-electron chi connectivity index (χ2n) is 8.34. The highest BCUT2D eigenvalue weighted by Gasteiger charge is 2.38. The molecule has 0 unspecified atom stereocenters. The van der Waals surface area contributed by atoms with Gasteiger partial charge in [0, 0.05) is 24.2 Å². The van der Waals surface area contributed by atoms with E-state index in [1.165, 1.54) is 12.1 Å². The van der Waals surface area contributed by atoms with Crippen LogP contribution in [0, 0.1) is 17.0 Å². The molecular weight excluding hydrogens is 405 g/mol. The number of halogens is 5. The lowest BCUT2D eigenvalue weighted by Crippen LogP contribution is -2.37. The first-order valence-corrected chi connectivity index (χ1v) is 9.50. The lowest BCUT2D eigenvalue weighted by Gasteiger charge is -2.38. The van der Waals surface area contributed by atoms with E-state index in [9.17, 15) is 27.1 Å². The number of aromatic nitrogens is 2. The number of alkyl halides is 3. The SMILES string of the molecule is CC1(C)CCN(c2ccc(-n3nc(C(F)(F)F)c4cc(F)c(O)c(F)c43)cc2)CC1. The van der Waals surface area contributed by atoms with Crippen LogP contribution in [0.4, 0.5) is 27.6 Å². The molecule has 0 radical (unpaired) electrons. The highest BCUT2D eigenvalue weighted by atomic mass is 19.4. The van der Waals surface area contributed by atoms with E-state index in [2.05, 4.69) is 23.8 Å². The standard InChI is InChI=1S/C21H20F5N3O/c1-20(2)7-9-28(10-8-20)12-3-5-13(6-4-12)29-17-14(19(27-29)21(24,25)26)11-15(22)18(30)16(17)23/h3-6,11,30H,7-10H2,1-2H3. The predicted molar refractivity (Wildman–Crippen MR) is 103 cm³/mol. The topological polar surface area (TPSA) is 41.3 Å². The molecule has 0 saturated carbocycles. The van der Waals surface area contributed by atoms with Crippen molar-refractivity contribution >= 4 is 16.6 Å². The van der Waals surface area contributed by atoms with Gasteiger partial charge in [-0.15, -0.1) is 0 Å². The monoisotopic (exact) mass is 425 g/mol. The molecule has 0 amide bonds. The highest BCUT2D eigenvalue weighted by Crippen LogP contribution is 2.39. The summed E-state index contributed by atoms with van der Waals surface area (Å²) in [5.74, 6) is -4.31. The molecule has 0 atom stereocenters. The lowest BCUT2D eigenvalue weighted by atomic mass is 9.82. The molecule has 2 aromatic carbocycles. The predicted octanol–water partition coefficient (Wildman–Crippen LogP) is 5.65. The summed E-state index contributed by atoms with van der Waals surface area (Å²) < 4.78 is 69.1. The zero-order valence-corrected chi connectivity index (χ0v) is 16.4. The maximum atomic E-state index is 14.5. The fourth-order valence-corrected chi connectivity index (χ4v) is 3.76. The van der Waals surface area contributed by atoms with E-state index in [4.69, 9.17) is 0 Å². The summed E-state index contributed by atoms with van der Waals surface area (Å²) in [7, 11) is 0. The second kappa shape index (κ2) is 6.85. The Morgan fingerprint density at radius 2 is 1.57 bits per heavy atom. The van der Waals surface area contributed by atoms with Crippen molar-refractivity contribution in [2.45, 2.75) is 32.9 Å². The van der Waals surface area contributed by atoms with Gasteiger partial charge in [-0.05, 0) is 48.6 Å². The van der Waals surface area contributed by atoms with Crippen molar-refractivity contribution in [3.8, 4) is 11.4 Å². The summed E-state index contributed by atoms with van der Waals surface area (Å²) in [6.07, 6.45) is -2.88. The van der Waals surface area contributed by atoms with Crippen LogP contribution in [0.3, 0.4) is 0 Å². The van der Waals surface area contributed by atoms with Crippen LogP contribution in [0.15, 0.2) is 30.3 Å². The van der Waals surface area contributed by atoms with Crippen LogP contribution in [0.1, 0.15) is 32.4 Å². The molecular formula is C21H20F5N3O. The molecule has 0 aliphatic carbocycles. The molecule has 1 N–H and O–H groups in total. The van der Waals surface area contributed by atoms with Crippen LogP contribution < -0.4 is 4.90 Å². The third-order valence-electron chi connectivity index (χ3n) is 5.68. The summed E-state index contributed by atoms with van der Waals surface area (Å²) in [5.41, 5.74) is -0.711. The van der Waals surface area contributed by atoms with Crippen molar-refractivity contribution in [1.82, 2.24) is 9.78 Å². The van der Waals surface area contributed by atoms with Gasteiger partial charge >= 0.3 is 6.18 Å². The van der Waals surface area contributed by atoms with Gasteiger partial charge in [0.25, 0.3) is 0 Å². The molecule has 0 spiro atoms. The van der Waals surface area contributed by atoms with E-state index in [1.54, 1.807) is 12.1 Å². The van der Waals surface area contributed by atoms with Gasteiger partial charge in [-0.25, -0.2) is 13.5 Å². The van der Waals surface area contributed by atoms with E-state index in [-0.39, 0.29) is 11.1 Å². The number of hydrogen-bond acceptors (Lipinski definition) is 3. The summed E-state index contributed by atoms with van der Waals surface area (Å²) in [4.78, 5) is 2.18. The fraction of sp³-hybridized carbons (Fsp3) is 0.381. The molecule has 2 heterocycles. The van der Waals surface area contributed by atoms with Crippen molar-refractivity contribution < 1.29 is 27.1 Å².